The third-order valence-electron chi connectivity index (χ3n) is 10.7. The molecule has 4 saturated heterocycles. The number of fused-ring (bicyclic) bond motifs is 1. The Bertz CT molecular complexity index is 1160. The average Bonchev–Trinajstić information content (AvgIpc) is 3.26. The van der Waals surface area contributed by atoms with Gasteiger partial charge in [-0.2, -0.15) is 0 Å². The third kappa shape index (κ3) is 2.14. The molecule has 0 bridgehead atoms. The number of rotatable bonds is 1. The monoisotopic (exact) mass is 486 g/mol. The van der Waals surface area contributed by atoms with E-state index in [-0.39, 0.29) is 30.7 Å². The Morgan fingerprint density at radius 3 is 2.54 bits per heavy atom. The Hall–Kier alpha value is -2.23. The van der Waals surface area contributed by atoms with Crippen LogP contribution in [0.4, 0.5) is 0 Å². The van der Waals surface area contributed by atoms with Gasteiger partial charge in [-0.3, -0.25) is 9.59 Å². The summed E-state index contributed by atoms with van der Waals surface area (Å²) in [6, 6.07) is 1.77. The summed E-state index contributed by atoms with van der Waals surface area (Å²) >= 11 is 0. The van der Waals surface area contributed by atoms with E-state index in [1.165, 1.54) is 6.26 Å². The second-order valence-corrected chi connectivity index (χ2v) is 12.3. The number of Topliss-reactive ketones (excluding diaryl/α,β-unsaturated/α-hetero) is 1. The van der Waals surface area contributed by atoms with Gasteiger partial charge >= 0.3 is 11.9 Å². The molecule has 1 aromatic heterocycles. The molecule has 9 nitrogen and oxygen atoms in total. The van der Waals surface area contributed by atoms with Crippen molar-refractivity contribution < 1.29 is 42.9 Å². The van der Waals surface area contributed by atoms with Crippen molar-refractivity contribution in [1.29, 1.82) is 0 Å². The molecule has 5 heterocycles. The molecule has 0 aromatic carbocycles. The van der Waals surface area contributed by atoms with E-state index in [0.717, 1.165) is 5.56 Å². The highest BCUT2D eigenvalue weighted by Gasteiger charge is 2.90. The van der Waals surface area contributed by atoms with Crippen LogP contribution in [0.5, 0.6) is 0 Å². The molecular weight excluding hydrogens is 456 g/mol. The second kappa shape index (κ2) is 6.18. The Balaban J connectivity index is 1.43. The molecule has 2 spiro atoms. The van der Waals surface area contributed by atoms with Gasteiger partial charge in [-0.15, -0.1) is 0 Å². The average molecular weight is 487 g/mol. The summed E-state index contributed by atoms with van der Waals surface area (Å²) in [7, 11) is 0. The summed E-state index contributed by atoms with van der Waals surface area (Å²) in [5.74, 6) is -2.09. The number of ether oxygens (including phenoxy) is 4. The standard InChI is InChI=1S/C26H30O9/c1-22(2)17-16(28)18(29)24(4)13(25(17)11-32-15(27)9-14(25)34-22)5-7-23(3)19(12-6-8-31-10-12)33-21(30)20-26(23,24)35-20/h6,8,10,13-14,17-20,29H,5,7,9,11H2,1-4H3/t13-,14-,17+,18-,19-,20+,23-,24-,25?,26+/m0/s1. The number of furan rings is 1. The number of carbonyl (C=O) groups is 3. The number of epoxide rings is 1. The predicted octanol–water partition coefficient (Wildman–Crippen LogP) is 2.11. The molecule has 35 heavy (non-hydrogen) atoms. The minimum absolute atomic E-state index is 0.0520. The van der Waals surface area contributed by atoms with Crippen LogP contribution in [0.1, 0.15) is 58.6 Å². The largest absolute Gasteiger partial charge is 0.472 e. The number of ketones is 1. The Morgan fingerprint density at radius 2 is 1.83 bits per heavy atom. The van der Waals surface area contributed by atoms with E-state index in [0.29, 0.717) is 12.8 Å². The van der Waals surface area contributed by atoms with Crippen LogP contribution in [-0.2, 0) is 33.3 Å². The molecule has 10 atom stereocenters. The number of esters is 2. The first-order valence-corrected chi connectivity index (χ1v) is 12.4. The van der Waals surface area contributed by atoms with Gasteiger partial charge in [0.25, 0.3) is 0 Å². The van der Waals surface area contributed by atoms with Crippen molar-refractivity contribution in [1.82, 2.24) is 0 Å². The van der Waals surface area contributed by atoms with Gasteiger partial charge in [0.05, 0.1) is 36.6 Å². The molecule has 2 saturated carbocycles. The molecule has 1 unspecified atom stereocenters. The lowest BCUT2D eigenvalue weighted by molar-refractivity contribution is -0.252. The fraction of sp³-hybridized carbons (Fsp3) is 0.731. The zero-order chi connectivity index (χ0) is 24.8. The van der Waals surface area contributed by atoms with Crippen molar-refractivity contribution in [3.63, 3.8) is 0 Å². The molecule has 1 N–H and O–H groups in total. The van der Waals surface area contributed by atoms with Crippen LogP contribution in [0.2, 0.25) is 0 Å². The smallest absolute Gasteiger partial charge is 0.339 e. The number of aliphatic hydroxyl groups is 1. The van der Waals surface area contributed by atoms with Crippen molar-refractivity contribution >= 4 is 17.7 Å². The van der Waals surface area contributed by atoms with Crippen LogP contribution < -0.4 is 0 Å². The highest BCUT2D eigenvalue weighted by molar-refractivity contribution is 5.92. The molecule has 0 amide bonds. The van der Waals surface area contributed by atoms with Gasteiger partial charge in [0.2, 0.25) is 0 Å². The highest BCUT2D eigenvalue weighted by atomic mass is 16.7. The molecule has 4 aliphatic heterocycles. The molecular formula is C26H30O9. The van der Waals surface area contributed by atoms with Gasteiger partial charge in [0.1, 0.15) is 24.4 Å². The van der Waals surface area contributed by atoms with Gasteiger partial charge in [-0.05, 0) is 38.7 Å². The zero-order valence-electron chi connectivity index (χ0n) is 20.2. The van der Waals surface area contributed by atoms with Crippen molar-refractivity contribution in [2.75, 3.05) is 6.61 Å². The molecule has 7 rings (SSSR count). The summed E-state index contributed by atoms with van der Waals surface area (Å²) in [4.78, 5) is 39.6. The van der Waals surface area contributed by atoms with E-state index in [1.807, 2.05) is 27.7 Å². The van der Waals surface area contributed by atoms with E-state index in [1.54, 1.807) is 12.3 Å². The molecule has 188 valence electrons. The van der Waals surface area contributed by atoms with Gasteiger partial charge in [0.15, 0.2) is 11.9 Å². The molecule has 6 fully saturated rings. The number of hydrogen-bond acceptors (Lipinski definition) is 9. The lowest BCUT2D eigenvalue weighted by Crippen LogP contribution is -2.76. The van der Waals surface area contributed by atoms with Crippen LogP contribution >= 0.6 is 0 Å². The van der Waals surface area contributed by atoms with Gasteiger partial charge < -0.3 is 28.5 Å². The number of hydrogen-bond donors (Lipinski definition) is 1. The van der Waals surface area contributed by atoms with Gasteiger partial charge in [-0.25, -0.2) is 4.79 Å². The van der Waals surface area contributed by atoms with Crippen LogP contribution in [0.15, 0.2) is 23.0 Å². The summed E-state index contributed by atoms with van der Waals surface area (Å²) in [6.45, 7) is 7.66. The molecule has 1 aromatic rings. The number of cyclic esters (lactones) is 2. The first kappa shape index (κ1) is 22.0. The maximum atomic E-state index is 14.1. The zero-order valence-corrected chi connectivity index (χ0v) is 20.2. The minimum atomic E-state index is -1.37. The predicted molar refractivity (Wildman–Crippen MR) is 116 cm³/mol. The second-order valence-electron chi connectivity index (χ2n) is 12.3. The fourth-order valence-corrected chi connectivity index (χ4v) is 9.52. The summed E-state index contributed by atoms with van der Waals surface area (Å²) in [5.41, 5.74) is -3.90. The van der Waals surface area contributed by atoms with E-state index in [2.05, 4.69) is 0 Å². The summed E-state index contributed by atoms with van der Waals surface area (Å²) < 4.78 is 29.6. The maximum Gasteiger partial charge on any atom is 0.339 e. The minimum Gasteiger partial charge on any atom is -0.472 e. The fourth-order valence-electron chi connectivity index (χ4n) is 9.52. The van der Waals surface area contributed by atoms with Crippen LogP contribution in [-0.4, -0.2) is 58.9 Å². The van der Waals surface area contributed by atoms with Gasteiger partial charge in [-0.1, -0.05) is 13.8 Å². The van der Waals surface area contributed by atoms with Crippen LogP contribution in [0.3, 0.4) is 0 Å². The maximum absolute atomic E-state index is 14.1. The van der Waals surface area contributed by atoms with Crippen molar-refractivity contribution in [2.45, 2.75) is 82.6 Å². The first-order valence-electron chi connectivity index (χ1n) is 12.4. The normalized spacial score (nSPS) is 53.3. The van der Waals surface area contributed by atoms with E-state index >= 15 is 0 Å². The molecule has 0 radical (unpaired) electrons. The summed E-state index contributed by atoms with van der Waals surface area (Å²) in [6.07, 6.45) is 1.02. The molecule has 9 heteroatoms. The van der Waals surface area contributed by atoms with Crippen molar-refractivity contribution in [3.8, 4) is 0 Å². The quantitative estimate of drug-likeness (QED) is 0.469. The number of aliphatic hydroxyl groups excluding tert-OH is 1. The van der Waals surface area contributed by atoms with E-state index in [9.17, 15) is 19.5 Å². The van der Waals surface area contributed by atoms with Crippen LogP contribution in [0, 0.1) is 28.1 Å². The Morgan fingerprint density at radius 1 is 1.06 bits per heavy atom. The molecule has 2 aliphatic carbocycles. The molecule has 6 aliphatic rings. The van der Waals surface area contributed by atoms with Crippen LogP contribution in [0.25, 0.3) is 0 Å². The van der Waals surface area contributed by atoms with Crippen molar-refractivity contribution in [3.05, 3.63) is 24.2 Å². The lowest BCUT2D eigenvalue weighted by atomic mass is 9.36. The number of carbonyl (C=O) groups excluding carboxylic acids is 3. The highest BCUT2D eigenvalue weighted by Crippen LogP contribution is 2.80. The third-order valence-corrected chi connectivity index (χ3v) is 10.7. The van der Waals surface area contributed by atoms with Gasteiger partial charge in [0, 0.05) is 21.8 Å². The van der Waals surface area contributed by atoms with E-state index in [4.69, 9.17) is 23.4 Å². The van der Waals surface area contributed by atoms with Crippen molar-refractivity contribution in [2.24, 2.45) is 28.1 Å². The summed E-state index contributed by atoms with van der Waals surface area (Å²) in [5, 5.41) is 11.8. The topological polar surface area (TPSA) is 125 Å². The first-order chi connectivity index (χ1) is 16.4. The van der Waals surface area contributed by atoms with E-state index < -0.39 is 63.8 Å². The Labute approximate surface area is 202 Å². The SMILES string of the molecule is CC1(C)O[C@H]2CC(=O)OCC23[C@@H]1C(=O)[C@H](O)[C@]1(C)[C@@H]3CC[C@@]2(C)[C@H](c3ccoc3)OC(=O)[C@H]3O[C@@]312. The lowest BCUT2D eigenvalue weighted by Gasteiger charge is -2.66. The Kier molecular flexibility index (Phi) is 3.88.